The minimum Gasteiger partial charge on any atom is -0.352 e. The molecule has 0 saturated carbocycles. The molecule has 0 bridgehead atoms. The molecule has 2 unspecified atom stereocenters. The Labute approximate surface area is 108 Å². The minimum atomic E-state index is -2.96. The van der Waals surface area contributed by atoms with E-state index in [-0.39, 0.29) is 35.9 Å². The number of amides is 1. The van der Waals surface area contributed by atoms with Crippen LogP contribution in [0.5, 0.6) is 0 Å². The number of rotatable bonds is 3. The summed E-state index contributed by atoms with van der Waals surface area (Å²) in [6.07, 6.45) is 1.22. The van der Waals surface area contributed by atoms with E-state index in [4.69, 9.17) is 0 Å². The van der Waals surface area contributed by atoms with E-state index < -0.39 is 9.84 Å². The number of hydrogen-bond donors (Lipinski definition) is 2. The summed E-state index contributed by atoms with van der Waals surface area (Å²) in [5.41, 5.74) is 0. The van der Waals surface area contributed by atoms with E-state index in [1.165, 1.54) is 0 Å². The van der Waals surface area contributed by atoms with Crippen molar-refractivity contribution in [1.29, 1.82) is 0 Å². The third-order valence-corrected chi connectivity index (χ3v) is 5.23. The van der Waals surface area contributed by atoms with Crippen molar-refractivity contribution >= 4 is 15.7 Å². The summed E-state index contributed by atoms with van der Waals surface area (Å²) >= 11 is 0. The van der Waals surface area contributed by atoms with Gasteiger partial charge in [0.05, 0.1) is 11.5 Å². The van der Waals surface area contributed by atoms with Crippen LogP contribution in [0.1, 0.15) is 12.8 Å². The number of carbonyl (C=O) groups is 1. The molecule has 0 aromatic heterocycles. The van der Waals surface area contributed by atoms with Crippen molar-refractivity contribution in [3.63, 3.8) is 0 Å². The first kappa shape index (κ1) is 13.8. The summed E-state index contributed by atoms with van der Waals surface area (Å²) in [6.45, 7) is 2.33. The highest BCUT2D eigenvalue weighted by Gasteiger charge is 2.27. The molecule has 2 aliphatic heterocycles. The normalized spacial score (nSPS) is 32.3. The lowest BCUT2D eigenvalue weighted by Crippen LogP contribution is -2.48. The van der Waals surface area contributed by atoms with E-state index >= 15 is 0 Å². The molecule has 104 valence electrons. The molecule has 18 heavy (non-hydrogen) atoms. The highest BCUT2D eigenvalue weighted by atomic mass is 32.2. The van der Waals surface area contributed by atoms with Gasteiger partial charge < -0.3 is 15.5 Å². The first-order valence-corrected chi connectivity index (χ1v) is 8.18. The maximum Gasteiger partial charge on any atom is 0.221 e. The molecular formula is C11H21N3O3S. The second kappa shape index (κ2) is 5.54. The first-order valence-electron chi connectivity index (χ1n) is 6.36. The molecule has 6 nitrogen and oxygen atoms in total. The fourth-order valence-corrected chi connectivity index (χ4v) is 4.01. The van der Waals surface area contributed by atoms with E-state index in [9.17, 15) is 13.2 Å². The van der Waals surface area contributed by atoms with E-state index in [2.05, 4.69) is 15.5 Å². The minimum absolute atomic E-state index is 0.0510. The highest BCUT2D eigenvalue weighted by Crippen LogP contribution is 2.08. The molecule has 1 amide bonds. The molecule has 2 N–H and O–H groups in total. The molecule has 7 heteroatoms. The summed E-state index contributed by atoms with van der Waals surface area (Å²) in [5, 5.41) is 6.06. The van der Waals surface area contributed by atoms with Crippen molar-refractivity contribution in [2.75, 3.05) is 38.2 Å². The van der Waals surface area contributed by atoms with Crippen LogP contribution in [0.3, 0.4) is 0 Å². The molecule has 0 aromatic rings. The van der Waals surface area contributed by atoms with Gasteiger partial charge in [0, 0.05) is 31.6 Å². The topological polar surface area (TPSA) is 78.5 Å². The maximum atomic E-state index is 11.8. The predicted molar refractivity (Wildman–Crippen MR) is 69.1 cm³/mol. The molecule has 0 aromatic carbocycles. The van der Waals surface area contributed by atoms with Crippen LogP contribution < -0.4 is 10.6 Å². The molecule has 2 heterocycles. The standard InChI is InChI=1S/C11H21N3O3S/c1-14-4-2-9(7-14)13-11(15)6-10-8-18(16,17)5-3-12-10/h9-10,12H,2-8H2,1H3,(H,13,15). The zero-order valence-corrected chi connectivity index (χ0v) is 11.5. The van der Waals surface area contributed by atoms with Crippen LogP contribution in [0, 0.1) is 0 Å². The lowest BCUT2D eigenvalue weighted by atomic mass is 10.2. The lowest BCUT2D eigenvalue weighted by molar-refractivity contribution is -0.122. The number of carbonyl (C=O) groups excluding carboxylic acids is 1. The van der Waals surface area contributed by atoms with E-state index in [1.807, 2.05) is 7.05 Å². The van der Waals surface area contributed by atoms with Gasteiger partial charge in [0.25, 0.3) is 0 Å². The monoisotopic (exact) mass is 275 g/mol. The van der Waals surface area contributed by atoms with Gasteiger partial charge in [-0.2, -0.15) is 0 Å². The first-order chi connectivity index (χ1) is 8.44. The molecule has 2 saturated heterocycles. The molecule has 0 aliphatic carbocycles. The van der Waals surface area contributed by atoms with Crippen LogP contribution in [0.4, 0.5) is 0 Å². The fourth-order valence-electron chi connectivity index (χ4n) is 2.56. The van der Waals surface area contributed by atoms with Gasteiger partial charge in [0.2, 0.25) is 5.91 Å². The summed E-state index contributed by atoms with van der Waals surface area (Å²) in [6, 6.07) is -0.0226. The molecule has 2 atom stereocenters. The molecule has 2 aliphatic rings. The van der Waals surface area contributed by atoms with E-state index in [0.29, 0.717) is 6.54 Å². The van der Waals surface area contributed by atoms with Crippen LogP contribution in [0.2, 0.25) is 0 Å². The van der Waals surface area contributed by atoms with Crippen molar-refractivity contribution in [2.45, 2.75) is 24.9 Å². The Morgan fingerprint density at radius 3 is 2.89 bits per heavy atom. The number of sulfone groups is 1. The Balaban J connectivity index is 1.77. The second-order valence-corrected chi connectivity index (χ2v) is 7.51. The zero-order chi connectivity index (χ0) is 13.2. The van der Waals surface area contributed by atoms with Crippen LogP contribution in [-0.4, -0.2) is 69.5 Å². The van der Waals surface area contributed by atoms with Gasteiger partial charge in [0.15, 0.2) is 9.84 Å². The molecule has 0 spiro atoms. The van der Waals surface area contributed by atoms with Crippen molar-refractivity contribution in [3.8, 4) is 0 Å². The Kier molecular flexibility index (Phi) is 4.24. The van der Waals surface area contributed by atoms with Gasteiger partial charge in [-0.25, -0.2) is 8.42 Å². The zero-order valence-electron chi connectivity index (χ0n) is 10.7. The Morgan fingerprint density at radius 2 is 2.28 bits per heavy atom. The quantitative estimate of drug-likeness (QED) is 0.661. The van der Waals surface area contributed by atoms with Gasteiger partial charge in [-0.3, -0.25) is 4.79 Å². The van der Waals surface area contributed by atoms with Gasteiger partial charge in [0.1, 0.15) is 0 Å². The van der Waals surface area contributed by atoms with Crippen LogP contribution >= 0.6 is 0 Å². The van der Waals surface area contributed by atoms with Crippen LogP contribution in [0.15, 0.2) is 0 Å². The van der Waals surface area contributed by atoms with Gasteiger partial charge in [-0.05, 0) is 20.0 Å². The number of nitrogens with zero attached hydrogens (tertiary/aromatic N) is 1. The third kappa shape index (κ3) is 3.93. The summed E-state index contributed by atoms with van der Waals surface area (Å²) in [5.74, 6) is 0.202. The smallest absolute Gasteiger partial charge is 0.221 e. The van der Waals surface area contributed by atoms with Crippen LogP contribution in [-0.2, 0) is 14.6 Å². The van der Waals surface area contributed by atoms with Crippen molar-refractivity contribution < 1.29 is 13.2 Å². The van der Waals surface area contributed by atoms with E-state index in [1.54, 1.807) is 0 Å². The summed E-state index contributed by atoms with van der Waals surface area (Å²) in [4.78, 5) is 14.0. The highest BCUT2D eigenvalue weighted by molar-refractivity contribution is 7.91. The second-order valence-electron chi connectivity index (χ2n) is 5.28. The van der Waals surface area contributed by atoms with Gasteiger partial charge in [-0.15, -0.1) is 0 Å². The molecular weight excluding hydrogens is 254 g/mol. The number of likely N-dealkylation sites (tertiary alicyclic amines) is 1. The number of hydrogen-bond acceptors (Lipinski definition) is 5. The lowest BCUT2D eigenvalue weighted by Gasteiger charge is -2.23. The SMILES string of the molecule is CN1CCC(NC(=O)CC2CS(=O)(=O)CCN2)C1. The van der Waals surface area contributed by atoms with Crippen LogP contribution in [0.25, 0.3) is 0 Å². The average Bonchev–Trinajstić information content (AvgIpc) is 2.62. The van der Waals surface area contributed by atoms with Gasteiger partial charge >= 0.3 is 0 Å². The van der Waals surface area contributed by atoms with Crippen molar-refractivity contribution in [1.82, 2.24) is 15.5 Å². The summed E-state index contributed by atoms with van der Waals surface area (Å²) < 4.78 is 22.9. The molecule has 2 fully saturated rings. The third-order valence-electron chi connectivity index (χ3n) is 3.49. The fraction of sp³-hybridized carbons (Fsp3) is 0.909. The summed E-state index contributed by atoms with van der Waals surface area (Å²) in [7, 11) is -0.935. The number of likely N-dealkylation sites (N-methyl/N-ethyl adjacent to an activating group) is 1. The maximum absolute atomic E-state index is 11.8. The predicted octanol–water partition coefficient (Wildman–Crippen LogP) is -1.42. The average molecular weight is 275 g/mol. The van der Waals surface area contributed by atoms with E-state index in [0.717, 1.165) is 19.5 Å². The Hall–Kier alpha value is -0.660. The van der Waals surface area contributed by atoms with Gasteiger partial charge in [-0.1, -0.05) is 0 Å². The number of nitrogens with one attached hydrogen (secondary N) is 2. The van der Waals surface area contributed by atoms with Crippen molar-refractivity contribution in [2.24, 2.45) is 0 Å². The largest absolute Gasteiger partial charge is 0.352 e. The Bertz CT molecular complexity index is 410. The molecule has 0 radical (unpaired) electrons. The molecule has 2 rings (SSSR count). The Morgan fingerprint density at radius 1 is 1.50 bits per heavy atom. The van der Waals surface area contributed by atoms with Crippen molar-refractivity contribution in [3.05, 3.63) is 0 Å².